The smallest absolute Gasteiger partial charge is 0.261 e. The Balaban J connectivity index is 2.12. The van der Waals surface area contributed by atoms with Gasteiger partial charge in [-0.05, 0) is 24.3 Å². The summed E-state index contributed by atoms with van der Waals surface area (Å²) in [6.45, 7) is 0. The van der Waals surface area contributed by atoms with E-state index < -0.39 is 15.8 Å². The molecule has 0 aromatic heterocycles. The van der Waals surface area contributed by atoms with Gasteiger partial charge in [0.15, 0.2) is 0 Å². The van der Waals surface area contributed by atoms with Gasteiger partial charge in [-0.25, -0.2) is 12.8 Å². The molecule has 3 aromatic rings. The monoisotopic (exact) mass is 385 g/mol. The van der Waals surface area contributed by atoms with Crippen LogP contribution in [-0.2, 0) is 10.0 Å². The lowest BCUT2D eigenvalue weighted by Crippen LogP contribution is -2.13. The summed E-state index contributed by atoms with van der Waals surface area (Å²) in [7, 11) is -4.02. The lowest BCUT2D eigenvalue weighted by molar-refractivity contribution is 0.482. The van der Waals surface area contributed by atoms with Crippen molar-refractivity contribution < 1.29 is 17.9 Å². The molecule has 0 amide bonds. The van der Waals surface area contributed by atoms with Gasteiger partial charge in [-0.3, -0.25) is 4.72 Å². The fraction of sp³-hybridized carbons (Fsp3) is 0. The summed E-state index contributed by atoms with van der Waals surface area (Å²) >= 11 is 11.6. The maximum atomic E-state index is 13.2. The highest BCUT2D eigenvalue weighted by Gasteiger charge is 2.19. The molecule has 0 radical (unpaired) electrons. The van der Waals surface area contributed by atoms with Crippen molar-refractivity contribution in [3.63, 3.8) is 0 Å². The molecule has 3 aromatic carbocycles. The maximum absolute atomic E-state index is 13.2. The molecule has 0 aliphatic heterocycles. The fourth-order valence-electron chi connectivity index (χ4n) is 2.26. The van der Waals surface area contributed by atoms with E-state index in [0.717, 1.165) is 18.2 Å². The van der Waals surface area contributed by atoms with Crippen molar-refractivity contribution in [2.45, 2.75) is 4.90 Å². The second kappa shape index (κ2) is 6.12. The Morgan fingerprint density at radius 3 is 2.29 bits per heavy atom. The molecule has 0 fully saturated rings. The standard InChI is InChI=1S/C16H10Cl2FNO3S/c17-12-7-9(5-6-14(12)19)24(22,23)20-15-8-13(18)16(21)11-4-2-1-3-10(11)15/h1-8,20-21H. The summed E-state index contributed by atoms with van der Waals surface area (Å²) in [5.74, 6) is -0.853. The van der Waals surface area contributed by atoms with Gasteiger partial charge in [0.05, 0.1) is 20.6 Å². The van der Waals surface area contributed by atoms with Crippen LogP contribution in [0.4, 0.5) is 10.1 Å². The van der Waals surface area contributed by atoms with Gasteiger partial charge in [0.2, 0.25) is 0 Å². The number of rotatable bonds is 3. The number of nitrogens with one attached hydrogen (secondary N) is 1. The van der Waals surface area contributed by atoms with Gasteiger partial charge >= 0.3 is 0 Å². The predicted octanol–water partition coefficient (Wildman–Crippen LogP) is 4.79. The van der Waals surface area contributed by atoms with Crippen LogP contribution in [0.1, 0.15) is 0 Å². The molecule has 0 saturated carbocycles. The van der Waals surface area contributed by atoms with Gasteiger partial charge in [0, 0.05) is 10.8 Å². The Hall–Kier alpha value is -2.02. The Morgan fingerprint density at radius 2 is 1.62 bits per heavy atom. The third-order valence-corrected chi connectivity index (χ3v) is 5.36. The van der Waals surface area contributed by atoms with E-state index in [1.807, 2.05) is 0 Å². The zero-order valence-corrected chi connectivity index (χ0v) is 14.3. The highest BCUT2D eigenvalue weighted by molar-refractivity contribution is 7.92. The second-order valence-electron chi connectivity index (χ2n) is 4.98. The third-order valence-electron chi connectivity index (χ3n) is 3.42. The SMILES string of the molecule is O=S(=O)(Nc1cc(Cl)c(O)c2ccccc12)c1ccc(F)c(Cl)c1. The van der Waals surface area contributed by atoms with E-state index in [1.54, 1.807) is 24.3 Å². The molecule has 0 unspecified atom stereocenters. The van der Waals surface area contributed by atoms with Gasteiger partial charge in [0.1, 0.15) is 11.6 Å². The molecule has 0 bridgehead atoms. The van der Waals surface area contributed by atoms with Crippen LogP contribution in [0.5, 0.6) is 5.75 Å². The Morgan fingerprint density at radius 1 is 0.958 bits per heavy atom. The minimum absolute atomic E-state index is 0.00328. The first-order valence-corrected chi connectivity index (χ1v) is 8.91. The number of halogens is 3. The molecular formula is C16H10Cl2FNO3S. The van der Waals surface area contributed by atoms with E-state index in [1.165, 1.54) is 6.07 Å². The van der Waals surface area contributed by atoms with Crippen LogP contribution in [0.15, 0.2) is 53.4 Å². The van der Waals surface area contributed by atoms with Gasteiger partial charge < -0.3 is 5.11 Å². The van der Waals surface area contributed by atoms with Crippen molar-refractivity contribution in [1.29, 1.82) is 0 Å². The average molecular weight is 386 g/mol. The summed E-state index contributed by atoms with van der Waals surface area (Å²) in [6.07, 6.45) is 0. The summed E-state index contributed by atoms with van der Waals surface area (Å²) in [4.78, 5) is -0.192. The minimum atomic E-state index is -4.02. The van der Waals surface area contributed by atoms with Crippen molar-refractivity contribution in [2.24, 2.45) is 0 Å². The Bertz CT molecular complexity index is 1050. The predicted molar refractivity (Wildman–Crippen MR) is 92.8 cm³/mol. The lowest BCUT2D eigenvalue weighted by Gasteiger charge is -2.13. The van der Waals surface area contributed by atoms with Crippen molar-refractivity contribution in [2.75, 3.05) is 4.72 Å². The van der Waals surface area contributed by atoms with E-state index in [-0.39, 0.29) is 26.4 Å². The highest BCUT2D eigenvalue weighted by atomic mass is 35.5. The van der Waals surface area contributed by atoms with Crippen molar-refractivity contribution >= 4 is 49.7 Å². The molecule has 0 atom stereocenters. The molecule has 0 aliphatic carbocycles. The van der Waals surface area contributed by atoms with Crippen molar-refractivity contribution in [1.82, 2.24) is 0 Å². The Labute approximate surface area is 147 Å². The van der Waals surface area contributed by atoms with Crippen LogP contribution < -0.4 is 4.72 Å². The van der Waals surface area contributed by atoms with E-state index in [4.69, 9.17) is 23.2 Å². The van der Waals surface area contributed by atoms with Crippen LogP contribution in [0, 0.1) is 5.82 Å². The number of hydrogen-bond acceptors (Lipinski definition) is 3. The summed E-state index contributed by atoms with van der Waals surface area (Å²) in [5, 5.41) is 10.6. The summed E-state index contributed by atoms with van der Waals surface area (Å²) in [5.41, 5.74) is 0.189. The molecule has 0 aliphatic rings. The molecule has 8 heteroatoms. The van der Waals surface area contributed by atoms with E-state index in [2.05, 4.69) is 4.72 Å². The number of phenols is 1. The fourth-order valence-corrected chi connectivity index (χ4v) is 3.81. The normalized spacial score (nSPS) is 11.6. The van der Waals surface area contributed by atoms with E-state index in [0.29, 0.717) is 10.8 Å². The molecule has 3 rings (SSSR count). The van der Waals surface area contributed by atoms with E-state index in [9.17, 15) is 17.9 Å². The lowest BCUT2D eigenvalue weighted by atomic mass is 10.1. The van der Waals surface area contributed by atoms with Gasteiger partial charge in [-0.2, -0.15) is 0 Å². The van der Waals surface area contributed by atoms with Crippen molar-refractivity contribution in [3.05, 3.63) is 64.4 Å². The maximum Gasteiger partial charge on any atom is 0.261 e. The van der Waals surface area contributed by atoms with Crippen LogP contribution in [0.2, 0.25) is 10.0 Å². The van der Waals surface area contributed by atoms with Gasteiger partial charge in [0.25, 0.3) is 10.0 Å². The minimum Gasteiger partial charge on any atom is -0.506 e. The van der Waals surface area contributed by atoms with Crippen LogP contribution in [0.25, 0.3) is 10.8 Å². The van der Waals surface area contributed by atoms with Crippen LogP contribution in [-0.4, -0.2) is 13.5 Å². The second-order valence-corrected chi connectivity index (χ2v) is 7.48. The van der Waals surface area contributed by atoms with Crippen LogP contribution >= 0.6 is 23.2 Å². The molecule has 124 valence electrons. The zero-order chi connectivity index (χ0) is 17.5. The van der Waals surface area contributed by atoms with Gasteiger partial charge in [-0.15, -0.1) is 0 Å². The molecule has 0 heterocycles. The zero-order valence-electron chi connectivity index (χ0n) is 11.9. The molecular weight excluding hydrogens is 376 g/mol. The Kier molecular flexibility index (Phi) is 4.29. The van der Waals surface area contributed by atoms with Crippen molar-refractivity contribution in [3.8, 4) is 5.75 Å². The first-order valence-electron chi connectivity index (χ1n) is 6.67. The van der Waals surface area contributed by atoms with E-state index >= 15 is 0 Å². The molecule has 24 heavy (non-hydrogen) atoms. The highest BCUT2D eigenvalue weighted by Crippen LogP contribution is 2.38. The average Bonchev–Trinajstić information content (AvgIpc) is 2.54. The first-order chi connectivity index (χ1) is 11.3. The number of fused-ring (bicyclic) bond motifs is 1. The molecule has 2 N–H and O–H groups in total. The largest absolute Gasteiger partial charge is 0.506 e. The number of benzene rings is 3. The number of sulfonamides is 1. The number of aromatic hydroxyl groups is 1. The molecule has 0 spiro atoms. The number of phenolic OH excluding ortho intramolecular Hbond substituents is 1. The summed E-state index contributed by atoms with van der Waals surface area (Å²) in [6, 6.07) is 11.0. The quantitative estimate of drug-likeness (QED) is 0.636. The first kappa shape index (κ1) is 16.8. The van der Waals surface area contributed by atoms with Crippen LogP contribution in [0.3, 0.4) is 0 Å². The third kappa shape index (κ3) is 3.00. The number of hydrogen-bond donors (Lipinski definition) is 2. The number of anilines is 1. The van der Waals surface area contributed by atoms with Gasteiger partial charge in [-0.1, -0.05) is 47.5 Å². The molecule has 0 saturated heterocycles. The topological polar surface area (TPSA) is 66.4 Å². The molecule has 4 nitrogen and oxygen atoms in total. The summed E-state index contributed by atoms with van der Waals surface area (Å²) < 4.78 is 40.6.